The molecule has 0 unspecified atom stereocenters. The zero-order valence-electron chi connectivity index (χ0n) is 8.19. The minimum atomic E-state index is -0.394. The maximum Gasteiger partial charge on any atom is 0.358 e. The molecule has 4 heteroatoms. The van der Waals surface area contributed by atoms with Crippen LogP contribution in [0.5, 0.6) is 0 Å². The first-order valence-corrected chi connectivity index (χ1v) is 4.68. The third-order valence-electron chi connectivity index (χ3n) is 1.69. The normalized spacial score (nSPS) is 9.79. The van der Waals surface area contributed by atoms with E-state index in [4.69, 9.17) is 4.84 Å². The van der Waals surface area contributed by atoms with Crippen molar-refractivity contribution in [1.29, 1.82) is 0 Å². The molecule has 1 aromatic heterocycles. The Morgan fingerprint density at radius 3 is 3.14 bits per heavy atom. The molecule has 0 aliphatic carbocycles. The van der Waals surface area contributed by atoms with Gasteiger partial charge in [0.2, 0.25) is 0 Å². The zero-order valence-corrected chi connectivity index (χ0v) is 8.19. The highest BCUT2D eigenvalue weighted by molar-refractivity contribution is 5.88. The Morgan fingerprint density at radius 1 is 1.64 bits per heavy atom. The van der Waals surface area contributed by atoms with E-state index in [-0.39, 0.29) is 0 Å². The molecule has 0 aromatic carbocycles. The van der Waals surface area contributed by atoms with E-state index in [1.807, 2.05) is 0 Å². The molecule has 0 amide bonds. The summed E-state index contributed by atoms with van der Waals surface area (Å²) in [5, 5.41) is 0. The molecular weight excluding hydrogens is 180 g/mol. The van der Waals surface area contributed by atoms with Crippen molar-refractivity contribution in [3.8, 4) is 0 Å². The van der Waals surface area contributed by atoms with Crippen LogP contribution in [0, 0.1) is 0 Å². The monoisotopic (exact) mass is 194 g/mol. The van der Waals surface area contributed by atoms with Crippen molar-refractivity contribution in [1.82, 2.24) is 10.5 Å². The minimum Gasteiger partial charge on any atom is -0.367 e. The van der Waals surface area contributed by atoms with E-state index in [9.17, 15) is 4.79 Å². The lowest BCUT2D eigenvalue weighted by Crippen LogP contribution is -2.21. The van der Waals surface area contributed by atoms with E-state index in [1.165, 1.54) is 6.20 Å². The molecule has 0 aliphatic rings. The lowest BCUT2D eigenvalue weighted by atomic mass is 10.3. The Labute approximate surface area is 83.3 Å². The minimum absolute atomic E-state index is 0.394. The number of nitrogens with zero attached hydrogens (tertiary/aromatic N) is 1. The molecule has 0 saturated heterocycles. The quantitative estimate of drug-likeness (QED) is 0.570. The molecule has 0 radical (unpaired) electrons. The molecule has 0 saturated carbocycles. The second-order valence-electron chi connectivity index (χ2n) is 2.88. The number of hydrogen-bond acceptors (Lipinski definition) is 4. The van der Waals surface area contributed by atoms with E-state index in [0.29, 0.717) is 12.1 Å². The van der Waals surface area contributed by atoms with Crippen LogP contribution in [0.15, 0.2) is 24.5 Å². The first kappa shape index (κ1) is 10.7. The van der Waals surface area contributed by atoms with Gasteiger partial charge in [0.25, 0.3) is 0 Å². The van der Waals surface area contributed by atoms with Crippen LogP contribution in [0.2, 0.25) is 0 Å². The predicted molar refractivity (Wildman–Crippen MR) is 52.6 cm³/mol. The number of rotatable bonds is 5. The van der Waals surface area contributed by atoms with Crippen LogP contribution in [0.4, 0.5) is 0 Å². The molecule has 0 spiro atoms. The molecule has 1 N–H and O–H groups in total. The van der Waals surface area contributed by atoms with Crippen molar-refractivity contribution in [2.45, 2.75) is 19.8 Å². The summed E-state index contributed by atoms with van der Waals surface area (Å²) >= 11 is 0. The van der Waals surface area contributed by atoms with Gasteiger partial charge in [0.05, 0.1) is 5.56 Å². The summed E-state index contributed by atoms with van der Waals surface area (Å²) in [7, 11) is 0. The van der Waals surface area contributed by atoms with Crippen LogP contribution in [-0.4, -0.2) is 17.5 Å². The molecule has 1 rings (SSSR count). The summed E-state index contributed by atoms with van der Waals surface area (Å²) in [4.78, 5) is 19.9. The summed E-state index contributed by atoms with van der Waals surface area (Å²) in [5.74, 6) is -0.394. The maximum atomic E-state index is 11.3. The smallest absolute Gasteiger partial charge is 0.358 e. The molecule has 0 aliphatic heterocycles. The van der Waals surface area contributed by atoms with Crippen LogP contribution in [-0.2, 0) is 4.84 Å². The fourth-order valence-corrected chi connectivity index (χ4v) is 0.908. The van der Waals surface area contributed by atoms with E-state index in [0.717, 1.165) is 12.8 Å². The zero-order chi connectivity index (χ0) is 10.2. The lowest BCUT2D eigenvalue weighted by Gasteiger charge is -2.03. The fraction of sp³-hybridized carbons (Fsp3) is 0.400. The maximum absolute atomic E-state index is 11.3. The first-order chi connectivity index (χ1) is 6.84. The van der Waals surface area contributed by atoms with Crippen LogP contribution in [0.3, 0.4) is 0 Å². The molecule has 0 atom stereocenters. The molecule has 14 heavy (non-hydrogen) atoms. The van der Waals surface area contributed by atoms with Crippen LogP contribution in [0.1, 0.15) is 30.1 Å². The van der Waals surface area contributed by atoms with Gasteiger partial charge in [0.1, 0.15) is 0 Å². The van der Waals surface area contributed by atoms with Gasteiger partial charge in [-0.05, 0) is 18.6 Å². The van der Waals surface area contributed by atoms with Crippen LogP contribution in [0.25, 0.3) is 0 Å². The van der Waals surface area contributed by atoms with Gasteiger partial charge in [-0.3, -0.25) is 4.98 Å². The highest BCUT2D eigenvalue weighted by atomic mass is 16.7. The molecule has 1 heterocycles. The van der Waals surface area contributed by atoms with Crippen molar-refractivity contribution < 1.29 is 9.63 Å². The Bertz CT molecular complexity index is 275. The van der Waals surface area contributed by atoms with Gasteiger partial charge in [-0.1, -0.05) is 13.3 Å². The summed E-state index contributed by atoms with van der Waals surface area (Å²) in [6, 6.07) is 3.36. The third kappa shape index (κ3) is 3.53. The standard InChI is InChI=1S/C10H14N2O2/c1-2-3-7-12-14-10(13)9-5-4-6-11-8-9/h4-6,8,12H,2-3,7H2,1H3. The highest BCUT2D eigenvalue weighted by Crippen LogP contribution is 1.97. The second-order valence-corrected chi connectivity index (χ2v) is 2.88. The van der Waals surface area contributed by atoms with E-state index in [1.54, 1.807) is 18.3 Å². The van der Waals surface area contributed by atoms with Gasteiger partial charge in [0, 0.05) is 18.9 Å². The number of carbonyl (C=O) groups excluding carboxylic acids is 1. The van der Waals surface area contributed by atoms with Gasteiger partial charge in [0.15, 0.2) is 0 Å². The molecule has 0 bridgehead atoms. The third-order valence-corrected chi connectivity index (χ3v) is 1.69. The number of unbranched alkanes of at least 4 members (excludes halogenated alkanes) is 1. The van der Waals surface area contributed by atoms with Crippen LogP contribution >= 0.6 is 0 Å². The SMILES string of the molecule is CCCCNOC(=O)c1cccnc1. The summed E-state index contributed by atoms with van der Waals surface area (Å²) < 4.78 is 0. The van der Waals surface area contributed by atoms with Crippen molar-refractivity contribution in [2.24, 2.45) is 0 Å². The summed E-state index contributed by atoms with van der Waals surface area (Å²) in [5.41, 5.74) is 3.06. The van der Waals surface area contributed by atoms with Crippen molar-refractivity contribution in [3.05, 3.63) is 30.1 Å². The molecule has 76 valence electrons. The molecule has 1 aromatic rings. The summed E-state index contributed by atoms with van der Waals surface area (Å²) in [6.45, 7) is 2.76. The second kappa shape index (κ2) is 6.10. The number of aromatic nitrogens is 1. The topological polar surface area (TPSA) is 51.2 Å². The number of nitrogens with one attached hydrogen (secondary N) is 1. The van der Waals surface area contributed by atoms with Crippen molar-refractivity contribution >= 4 is 5.97 Å². The number of carbonyl (C=O) groups is 1. The average molecular weight is 194 g/mol. The Morgan fingerprint density at radius 2 is 2.50 bits per heavy atom. The van der Waals surface area contributed by atoms with E-state index in [2.05, 4.69) is 17.4 Å². The summed E-state index contributed by atoms with van der Waals surface area (Å²) in [6.07, 6.45) is 5.14. The highest BCUT2D eigenvalue weighted by Gasteiger charge is 2.05. The van der Waals surface area contributed by atoms with E-state index < -0.39 is 5.97 Å². The fourth-order valence-electron chi connectivity index (χ4n) is 0.908. The number of hydrogen-bond donors (Lipinski definition) is 1. The molecular formula is C10H14N2O2. The van der Waals surface area contributed by atoms with Crippen LogP contribution < -0.4 is 5.48 Å². The Hall–Kier alpha value is -1.42. The molecule has 4 nitrogen and oxygen atoms in total. The van der Waals surface area contributed by atoms with Gasteiger partial charge < -0.3 is 4.84 Å². The van der Waals surface area contributed by atoms with E-state index >= 15 is 0 Å². The Kier molecular flexibility index (Phi) is 4.64. The van der Waals surface area contributed by atoms with Crippen molar-refractivity contribution in [2.75, 3.05) is 6.54 Å². The van der Waals surface area contributed by atoms with Gasteiger partial charge in [-0.15, -0.1) is 0 Å². The van der Waals surface area contributed by atoms with Crippen molar-refractivity contribution in [3.63, 3.8) is 0 Å². The Balaban J connectivity index is 2.29. The van der Waals surface area contributed by atoms with Gasteiger partial charge in [-0.2, -0.15) is 5.48 Å². The largest absolute Gasteiger partial charge is 0.367 e. The molecule has 0 fully saturated rings. The van der Waals surface area contributed by atoms with Gasteiger partial charge >= 0.3 is 5.97 Å². The lowest BCUT2D eigenvalue weighted by molar-refractivity contribution is 0.0251. The first-order valence-electron chi connectivity index (χ1n) is 4.68. The van der Waals surface area contributed by atoms with Gasteiger partial charge in [-0.25, -0.2) is 4.79 Å². The number of pyridine rings is 1. The average Bonchev–Trinajstić information content (AvgIpc) is 2.25. The predicted octanol–water partition coefficient (Wildman–Crippen LogP) is 1.54. The number of hydroxylamine groups is 1.